The normalized spacial score (nSPS) is 10.7. The van der Waals surface area contributed by atoms with Gasteiger partial charge in [0, 0.05) is 11.3 Å². The van der Waals surface area contributed by atoms with Crippen molar-refractivity contribution in [3.05, 3.63) is 40.8 Å². The lowest BCUT2D eigenvalue weighted by atomic mass is 10.0. The first kappa shape index (κ1) is 9.97. The van der Waals surface area contributed by atoms with Crippen LogP contribution in [0.4, 0.5) is 0 Å². The van der Waals surface area contributed by atoms with E-state index in [2.05, 4.69) is 48.9 Å². The number of imidazole rings is 1. The molecule has 2 heteroatoms. The second-order valence-electron chi connectivity index (χ2n) is 4.11. The molecule has 1 aromatic heterocycles. The van der Waals surface area contributed by atoms with Gasteiger partial charge in [-0.3, -0.25) is 0 Å². The van der Waals surface area contributed by atoms with Gasteiger partial charge in [-0.15, -0.1) is 0 Å². The molecule has 15 heavy (non-hydrogen) atoms. The van der Waals surface area contributed by atoms with Crippen LogP contribution >= 0.6 is 0 Å². The SMILES string of the molecule is Cc1ccc(C)c(-c2nc(C)[nH]c2C)c1. The van der Waals surface area contributed by atoms with Crippen LogP contribution < -0.4 is 0 Å². The molecule has 0 saturated carbocycles. The minimum absolute atomic E-state index is 0.975. The van der Waals surface area contributed by atoms with Gasteiger partial charge in [0.2, 0.25) is 0 Å². The van der Waals surface area contributed by atoms with Gasteiger partial charge in [-0.1, -0.05) is 17.7 Å². The Balaban J connectivity index is 2.62. The standard InChI is InChI=1S/C13H16N2/c1-8-5-6-9(2)12(7-8)13-10(3)14-11(4)15-13/h5-7H,1-4H3,(H,14,15). The molecule has 0 fully saturated rings. The van der Waals surface area contributed by atoms with Crippen molar-refractivity contribution in [2.24, 2.45) is 0 Å². The van der Waals surface area contributed by atoms with E-state index in [4.69, 9.17) is 0 Å². The van der Waals surface area contributed by atoms with Crippen LogP contribution in [0.1, 0.15) is 22.6 Å². The Morgan fingerprint density at radius 1 is 1.07 bits per heavy atom. The van der Waals surface area contributed by atoms with E-state index >= 15 is 0 Å². The number of hydrogen-bond donors (Lipinski definition) is 1. The van der Waals surface area contributed by atoms with E-state index in [1.54, 1.807) is 0 Å². The molecule has 0 bridgehead atoms. The molecule has 0 amide bonds. The molecular weight excluding hydrogens is 184 g/mol. The first-order chi connectivity index (χ1) is 7.08. The lowest BCUT2D eigenvalue weighted by Crippen LogP contribution is -1.87. The third-order valence-corrected chi connectivity index (χ3v) is 2.65. The average molecular weight is 200 g/mol. The molecular formula is C13H16N2. The summed E-state index contributed by atoms with van der Waals surface area (Å²) in [7, 11) is 0. The van der Waals surface area contributed by atoms with E-state index in [0.717, 1.165) is 17.2 Å². The van der Waals surface area contributed by atoms with Crippen molar-refractivity contribution in [1.29, 1.82) is 0 Å². The summed E-state index contributed by atoms with van der Waals surface area (Å²) in [6.07, 6.45) is 0. The van der Waals surface area contributed by atoms with E-state index in [1.807, 2.05) is 6.92 Å². The Labute approximate surface area is 90.4 Å². The molecule has 0 aliphatic carbocycles. The number of rotatable bonds is 1. The quantitative estimate of drug-likeness (QED) is 0.751. The summed E-state index contributed by atoms with van der Waals surface area (Å²) in [4.78, 5) is 7.77. The molecule has 0 saturated heterocycles. The topological polar surface area (TPSA) is 28.7 Å². The minimum atomic E-state index is 0.975. The fraction of sp³-hybridized carbons (Fsp3) is 0.308. The second kappa shape index (κ2) is 3.54. The van der Waals surface area contributed by atoms with Gasteiger partial charge in [0.1, 0.15) is 5.82 Å². The maximum atomic E-state index is 4.53. The van der Waals surface area contributed by atoms with Crippen LogP contribution in [0.2, 0.25) is 0 Å². The van der Waals surface area contributed by atoms with Crippen LogP contribution in [0.15, 0.2) is 18.2 Å². The highest BCUT2D eigenvalue weighted by Crippen LogP contribution is 2.25. The predicted octanol–water partition coefficient (Wildman–Crippen LogP) is 3.31. The van der Waals surface area contributed by atoms with E-state index < -0.39 is 0 Å². The Morgan fingerprint density at radius 2 is 1.80 bits per heavy atom. The summed E-state index contributed by atoms with van der Waals surface area (Å²) in [5.74, 6) is 0.975. The largest absolute Gasteiger partial charge is 0.346 e. The van der Waals surface area contributed by atoms with Gasteiger partial charge < -0.3 is 4.98 Å². The highest BCUT2D eigenvalue weighted by molar-refractivity contribution is 5.66. The monoisotopic (exact) mass is 200 g/mol. The van der Waals surface area contributed by atoms with Crippen LogP contribution in [0.25, 0.3) is 11.3 Å². The van der Waals surface area contributed by atoms with Crippen LogP contribution in [-0.2, 0) is 0 Å². The van der Waals surface area contributed by atoms with E-state index in [-0.39, 0.29) is 0 Å². The lowest BCUT2D eigenvalue weighted by Gasteiger charge is -2.05. The van der Waals surface area contributed by atoms with E-state index in [0.29, 0.717) is 0 Å². The van der Waals surface area contributed by atoms with Crippen molar-refractivity contribution < 1.29 is 0 Å². The summed E-state index contributed by atoms with van der Waals surface area (Å²) in [6, 6.07) is 6.47. The summed E-state index contributed by atoms with van der Waals surface area (Å²) in [5, 5.41) is 0. The maximum Gasteiger partial charge on any atom is 0.103 e. The average Bonchev–Trinajstić information content (AvgIpc) is 2.50. The summed E-state index contributed by atoms with van der Waals surface area (Å²) < 4.78 is 0. The summed E-state index contributed by atoms with van der Waals surface area (Å²) >= 11 is 0. The third-order valence-electron chi connectivity index (χ3n) is 2.65. The highest BCUT2D eigenvalue weighted by Gasteiger charge is 2.09. The number of H-pyrrole nitrogens is 1. The van der Waals surface area contributed by atoms with Crippen molar-refractivity contribution in [2.75, 3.05) is 0 Å². The number of nitrogens with zero attached hydrogens (tertiary/aromatic N) is 1. The van der Waals surface area contributed by atoms with Gasteiger partial charge in [-0.25, -0.2) is 4.98 Å². The van der Waals surface area contributed by atoms with Gasteiger partial charge >= 0.3 is 0 Å². The van der Waals surface area contributed by atoms with Crippen molar-refractivity contribution in [1.82, 2.24) is 9.97 Å². The van der Waals surface area contributed by atoms with Crippen molar-refractivity contribution in [2.45, 2.75) is 27.7 Å². The Morgan fingerprint density at radius 3 is 2.40 bits per heavy atom. The molecule has 1 heterocycles. The third kappa shape index (κ3) is 1.80. The highest BCUT2D eigenvalue weighted by atomic mass is 14.9. The zero-order chi connectivity index (χ0) is 11.0. The molecule has 1 N–H and O–H groups in total. The van der Waals surface area contributed by atoms with E-state index in [9.17, 15) is 0 Å². The molecule has 2 rings (SSSR count). The van der Waals surface area contributed by atoms with Crippen molar-refractivity contribution in [3.8, 4) is 11.3 Å². The van der Waals surface area contributed by atoms with Crippen molar-refractivity contribution >= 4 is 0 Å². The van der Waals surface area contributed by atoms with Gasteiger partial charge in [-0.05, 0) is 39.3 Å². The Kier molecular flexibility index (Phi) is 2.35. The summed E-state index contributed by atoms with van der Waals surface area (Å²) in [5.41, 5.74) is 6.00. The fourth-order valence-electron chi connectivity index (χ4n) is 1.86. The van der Waals surface area contributed by atoms with E-state index in [1.165, 1.54) is 16.7 Å². The Hall–Kier alpha value is -1.57. The molecule has 1 aromatic carbocycles. The number of aromatic amines is 1. The number of nitrogens with one attached hydrogen (secondary N) is 1. The van der Waals surface area contributed by atoms with Gasteiger partial charge in [0.05, 0.1) is 5.69 Å². The van der Waals surface area contributed by atoms with Crippen LogP contribution in [0.3, 0.4) is 0 Å². The minimum Gasteiger partial charge on any atom is -0.346 e. The van der Waals surface area contributed by atoms with Gasteiger partial charge in [-0.2, -0.15) is 0 Å². The smallest absolute Gasteiger partial charge is 0.103 e. The second-order valence-corrected chi connectivity index (χ2v) is 4.11. The maximum absolute atomic E-state index is 4.53. The van der Waals surface area contributed by atoms with Gasteiger partial charge in [0.25, 0.3) is 0 Å². The number of aryl methyl sites for hydroxylation is 4. The number of benzene rings is 1. The molecule has 0 aliphatic heterocycles. The molecule has 0 unspecified atom stereocenters. The molecule has 78 valence electrons. The molecule has 2 nitrogen and oxygen atoms in total. The fourth-order valence-corrected chi connectivity index (χ4v) is 1.86. The molecule has 0 atom stereocenters. The molecule has 0 spiro atoms. The predicted molar refractivity (Wildman–Crippen MR) is 63.0 cm³/mol. The first-order valence-corrected chi connectivity index (χ1v) is 5.19. The Bertz CT molecular complexity index is 495. The molecule has 2 aromatic rings. The molecule has 0 radical (unpaired) electrons. The lowest BCUT2D eigenvalue weighted by molar-refractivity contribution is 1.13. The van der Waals surface area contributed by atoms with Crippen LogP contribution in [-0.4, -0.2) is 9.97 Å². The van der Waals surface area contributed by atoms with Crippen LogP contribution in [0.5, 0.6) is 0 Å². The van der Waals surface area contributed by atoms with Crippen LogP contribution in [0, 0.1) is 27.7 Å². The van der Waals surface area contributed by atoms with Gasteiger partial charge in [0.15, 0.2) is 0 Å². The number of hydrogen-bond acceptors (Lipinski definition) is 1. The first-order valence-electron chi connectivity index (χ1n) is 5.19. The zero-order valence-electron chi connectivity index (χ0n) is 9.68. The molecule has 0 aliphatic rings. The number of aromatic nitrogens is 2. The van der Waals surface area contributed by atoms with Crippen molar-refractivity contribution in [3.63, 3.8) is 0 Å². The zero-order valence-corrected chi connectivity index (χ0v) is 9.68. The summed E-state index contributed by atoms with van der Waals surface area (Å²) in [6.45, 7) is 8.29.